The van der Waals surface area contributed by atoms with Crippen LogP contribution in [0.15, 0.2) is 23.1 Å². The molecule has 1 aromatic rings. The lowest BCUT2D eigenvalue weighted by Gasteiger charge is -2.04. The van der Waals surface area contributed by atoms with Crippen LogP contribution in [0.4, 0.5) is 0 Å². The van der Waals surface area contributed by atoms with E-state index in [1.165, 1.54) is 12.1 Å². The molecule has 1 rings (SSSR count). The molecule has 0 spiro atoms. The standard InChI is InChI=1S/C9H10O5S/c1-2-6-3-4-8(15(12,13)14)7(5-6)9(10)11/h3-5H,2H2,1H3,(H,10,11)(H,12,13,14). The van der Waals surface area contributed by atoms with Crippen LogP contribution < -0.4 is 0 Å². The van der Waals surface area contributed by atoms with Crippen LogP contribution in [-0.4, -0.2) is 24.0 Å². The van der Waals surface area contributed by atoms with Crippen molar-refractivity contribution in [2.24, 2.45) is 0 Å². The summed E-state index contributed by atoms with van der Waals surface area (Å²) in [6, 6.07) is 3.80. The van der Waals surface area contributed by atoms with E-state index in [0.717, 1.165) is 6.07 Å². The van der Waals surface area contributed by atoms with Gasteiger partial charge in [-0.3, -0.25) is 4.55 Å². The lowest BCUT2D eigenvalue weighted by Crippen LogP contribution is -2.08. The van der Waals surface area contributed by atoms with Gasteiger partial charge in [-0.2, -0.15) is 8.42 Å². The first-order chi connectivity index (χ1) is 6.86. The van der Waals surface area contributed by atoms with Gasteiger partial charge in [-0.1, -0.05) is 13.0 Å². The number of carboxylic acids is 1. The largest absolute Gasteiger partial charge is 0.478 e. The minimum Gasteiger partial charge on any atom is -0.478 e. The molecule has 0 bridgehead atoms. The average Bonchev–Trinajstić information content (AvgIpc) is 2.15. The third-order valence-electron chi connectivity index (χ3n) is 1.96. The van der Waals surface area contributed by atoms with E-state index in [0.29, 0.717) is 12.0 Å². The summed E-state index contributed by atoms with van der Waals surface area (Å²) in [5, 5.41) is 8.77. The molecule has 0 aromatic heterocycles. The summed E-state index contributed by atoms with van der Waals surface area (Å²) in [6.45, 7) is 1.81. The molecule has 15 heavy (non-hydrogen) atoms. The Morgan fingerprint density at radius 3 is 2.40 bits per heavy atom. The van der Waals surface area contributed by atoms with Crippen LogP contribution in [0.3, 0.4) is 0 Å². The topological polar surface area (TPSA) is 91.7 Å². The van der Waals surface area contributed by atoms with Crippen molar-refractivity contribution in [1.29, 1.82) is 0 Å². The minimum absolute atomic E-state index is 0.406. The number of carboxylic acid groups (broad SMARTS) is 1. The van der Waals surface area contributed by atoms with Gasteiger partial charge in [0.2, 0.25) is 0 Å². The van der Waals surface area contributed by atoms with Crippen molar-refractivity contribution in [3.05, 3.63) is 29.3 Å². The third kappa shape index (κ3) is 2.54. The van der Waals surface area contributed by atoms with E-state index >= 15 is 0 Å². The second kappa shape index (κ2) is 4.00. The molecule has 1 aromatic carbocycles. The fourth-order valence-electron chi connectivity index (χ4n) is 1.19. The third-order valence-corrected chi connectivity index (χ3v) is 2.87. The van der Waals surface area contributed by atoms with Gasteiger partial charge in [0.1, 0.15) is 4.90 Å². The fourth-order valence-corrected chi connectivity index (χ4v) is 1.85. The summed E-state index contributed by atoms with van der Waals surface area (Å²) < 4.78 is 30.5. The summed E-state index contributed by atoms with van der Waals surface area (Å²) >= 11 is 0. The zero-order valence-corrected chi connectivity index (χ0v) is 8.78. The van der Waals surface area contributed by atoms with Crippen molar-refractivity contribution in [2.75, 3.05) is 0 Å². The molecule has 6 heteroatoms. The smallest absolute Gasteiger partial charge is 0.337 e. The van der Waals surface area contributed by atoms with Crippen molar-refractivity contribution >= 4 is 16.1 Å². The summed E-state index contributed by atoms with van der Waals surface area (Å²) in [5.41, 5.74) is 0.289. The zero-order chi connectivity index (χ0) is 11.6. The van der Waals surface area contributed by atoms with E-state index in [1.807, 2.05) is 6.92 Å². The Morgan fingerprint density at radius 2 is 2.00 bits per heavy atom. The van der Waals surface area contributed by atoms with Gasteiger partial charge in [-0.15, -0.1) is 0 Å². The molecular weight excluding hydrogens is 220 g/mol. The first-order valence-corrected chi connectivity index (χ1v) is 5.64. The van der Waals surface area contributed by atoms with Crippen LogP contribution in [-0.2, 0) is 16.5 Å². The Hall–Kier alpha value is -1.40. The molecule has 2 N–H and O–H groups in total. The fraction of sp³-hybridized carbons (Fsp3) is 0.222. The Morgan fingerprint density at radius 1 is 1.40 bits per heavy atom. The van der Waals surface area contributed by atoms with Gasteiger partial charge in [-0.05, 0) is 24.1 Å². The maximum Gasteiger partial charge on any atom is 0.337 e. The van der Waals surface area contributed by atoms with Crippen LogP contribution in [0.5, 0.6) is 0 Å². The highest BCUT2D eigenvalue weighted by atomic mass is 32.2. The van der Waals surface area contributed by atoms with E-state index in [-0.39, 0.29) is 0 Å². The Bertz CT molecular complexity index is 489. The zero-order valence-electron chi connectivity index (χ0n) is 7.97. The number of benzene rings is 1. The second-order valence-electron chi connectivity index (χ2n) is 2.96. The van der Waals surface area contributed by atoms with Gasteiger partial charge in [0, 0.05) is 0 Å². The average molecular weight is 230 g/mol. The summed E-state index contributed by atoms with van der Waals surface area (Å²) in [4.78, 5) is 10.2. The van der Waals surface area contributed by atoms with Gasteiger partial charge < -0.3 is 5.11 Å². The Kier molecular flexibility index (Phi) is 3.11. The van der Waals surface area contributed by atoms with Crippen LogP contribution in [0.1, 0.15) is 22.8 Å². The molecule has 5 nitrogen and oxygen atoms in total. The van der Waals surface area contributed by atoms with Gasteiger partial charge in [0.25, 0.3) is 10.1 Å². The molecular formula is C9H10O5S. The first kappa shape index (κ1) is 11.7. The minimum atomic E-state index is -4.48. The van der Waals surface area contributed by atoms with Crippen molar-refractivity contribution in [1.82, 2.24) is 0 Å². The number of rotatable bonds is 3. The highest BCUT2D eigenvalue weighted by Gasteiger charge is 2.19. The first-order valence-electron chi connectivity index (χ1n) is 4.20. The molecule has 0 aliphatic carbocycles. The number of aromatic carboxylic acids is 1. The van der Waals surface area contributed by atoms with Gasteiger partial charge in [0.05, 0.1) is 5.56 Å². The van der Waals surface area contributed by atoms with Crippen LogP contribution >= 0.6 is 0 Å². The van der Waals surface area contributed by atoms with E-state index in [1.54, 1.807) is 0 Å². The lowest BCUT2D eigenvalue weighted by atomic mass is 10.1. The number of hydrogen-bond donors (Lipinski definition) is 2. The Labute approximate surface area is 87.1 Å². The quantitative estimate of drug-likeness (QED) is 0.761. The molecule has 0 aliphatic heterocycles. The van der Waals surface area contributed by atoms with Crippen LogP contribution in [0, 0.1) is 0 Å². The second-order valence-corrected chi connectivity index (χ2v) is 4.35. The molecule has 0 amide bonds. The van der Waals surface area contributed by atoms with Crippen molar-refractivity contribution < 1.29 is 22.9 Å². The highest BCUT2D eigenvalue weighted by Crippen LogP contribution is 2.17. The maximum atomic E-state index is 10.8. The van der Waals surface area contributed by atoms with Crippen molar-refractivity contribution in [2.45, 2.75) is 18.2 Å². The highest BCUT2D eigenvalue weighted by molar-refractivity contribution is 7.86. The van der Waals surface area contributed by atoms with Gasteiger partial charge in [0.15, 0.2) is 0 Å². The molecule has 0 aliphatic rings. The molecule has 0 fully saturated rings. The number of carbonyl (C=O) groups is 1. The number of hydrogen-bond acceptors (Lipinski definition) is 3. The summed E-state index contributed by atoms with van der Waals surface area (Å²) in [5.74, 6) is -1.38. The normalized spacial score (nSPS) is 11.3. The molecule has 0 heterocycles. The molecule has 0 saturated carbocycles. The van der Waals surface area contributed by atoms with Crippen molar-refractivity contribution in [3.63, 3.8) is 0 Å². The SMILES string of the molecule is CCc1ccc(S(=O)(=O)O)c(C(=O)O)c1. The van der Waals surface area contributed by atoms with E-state index in [2.05, 4.69) is 0 Å². The number of aryl methyl sites for hydroxylation is 1. The predicted molar refractivity (Wildman–Crippen MR) is 52.6 cm³/mol. The maximum absolute atomic E-state index is 10.8. The van der Waals surface area contributed by atoms with E-state index in [4.69, 9.17) is 9.66 Å². The predicted octanol–water partition coefficient (Wildman–Crippen LogP) is 1.19. The monoisotopic (exact) mass is 230 g/mol. The molecule has 0 saturated heterocycles. The summed E-state index contributed by atoms with van der Waals surface area (Å²) in [6.07, 6.45) is 0.589. The van der Waals surface area contributed by atoms with E-state index in [9.17, 15) is 13.2 Å². The lowest BCUT2D eigenvalue weighted by molar-refractivity contribution is 0.0692. The van der Waals surface area contributed by atoms with Gasteiger partial charge >= 0.3 is 5.97 Å². The molecule has 82 valence electrons. The molecule has 0 radical (unpaired) electrons. The summed E-state index contributed by atoms with van der Waals surface area (Å²) in [7, 11) is -4.48. The molecule has 0 atom stereocenters. The van der Waals surface area contributed by atoms with Gasteiger partial charge in [-0.25, -0.2) is 4.79 Å². The van der Waals surface area contributed by atoms with Crippen LogP contribution in [0.2, 0.25) is 0 Å². The Balaban J connectivity index is 3.48. The molecule has 0 unspecified atom stereocenters. The van der Waals surface area contributed by atoms with Crippen molar-refractivity contribution in [3.8, 4) is 0 Å². The van der Waals surface area contributed by atoms with E-state index < -0.39 is 26.5 Å². The van der Waals surface area contributed by atoms with Crippen LogP contribution in [0.25, 0.3) is 0 Å².